The zero-order valence-electron chi connectivity index (χ0n) is 12.1. The maximum absolute atomic E-state index is 12.3. The standard InChI is InChI=1S/C16H22ClNO2/c1-3-20-15(19)16(2,18-11-13-4-5-13)10-12-6-8-14(17)9-7-12/h6-9,13,18H,3-5,10-11H2,1-2H3. The minimum Gasteiger partial charge on any atom is -0.465 e. The Morgan fingerprint density at radius 1 is 1.40 bits per heavy atom. The van der Waals surface area contributed by atoms with E-state index in [1.165, 1.54) is 12.8 Å². The summed E-state index contributed by atoms with van der Waals surface area (Å²) in [7, 11) is 0. The average molecular weight is 296 g/mol. The number of hydrogen-bond acceptors (Lipinski definition) is 3. The van der Waals surface area contributed by atoms with Crippen LogP contribution in [0.25, 0.3) is 0 Å². The van der Waals surface area contributed by atoms with Gasteiger partial charge in [-0.2, -0.15) is 0 Å². The summed E-state index contributed by atoms with van der Waals surface area (Å²) in [6, 6.07) is 7.62. The fourth-order valence-electron chi connectivity index (χ4n) is 2.20. The van der Waals surface area contributed by atoms with Crippen LogP contribution in [-0.2, 0) is 16.0 Å². The van der Waals surface area contributed by atoms with Crippen LogP contribution in [0.2, 0.25) is 5.02 Å². The molecular weight excluding hydrogens is 274 g/mol. The fourth-order valence-corrected chi connectivity index (χ4v) is 2.33. The highest BCUT2D eigenvalue weighted by Gasteiger charge is 2.36. The molecule has 0 bridgehead atoms. The summed E-state index contributed by atoms with van der Waals surface area (Å²) in [4.78, 5) is 12.3. The summed E-state index contributed by atoms with van der Waals surface area (Å²) in [5.74, 6) is 0.532. The first kappa shape index (κ1) is 15.3. The number of halogens is 1. The minimum atomic E-state index is -0.674. The molecule has 20 heavy (non-hydrogen) atoms. The number of ether oxygens (including phenoxy) is 1. The van der Waals surface area contributed by atoms with Gasteiger partial charge >= 0.3 is 5.97 Å². The van der Waals surface area contributed by atoms with Crippen molar-refractivity contribution >= 4 is 17.6 Å². The van der Waals surface area contributed by atoms with Crippen molar-refractivity contribution in [3.05, 3.63) is 34.9 Å². The molecule has 1 aromatic rings. The van der Waals surface area contributed by atoms with Crippen LogP contribution in [0.15, 0.2) is 24.3 Å². The minimum absolute atomic E-state index is 0.185. The Balaban J connectivity index is 2.07. The Kier molecular flexibility index (Phi) is 5.06. The van der Waals surface area contributed by atoms with Crippen molar-refractivity contribution < 1.29 is 9.53 Å². The highest BCUT2D eigenvalue weighted by Crippen LogP contribution is 2.29. The van der Waals surface area contributed by atoms with Crippen LogP contribution >= 0.6 is 11.6 Å². The van der Waals surface area contributed by atoms with Crippen molar-refractivity contribution in [2.45, 2.75) is 38.6 Å². The van der Waals surface area contributed by atoms with Crippen LogP contribution in [0.5, 0.6) is 0 Å². The van der Waals surface area contributed by atoms with E-state index < -0.39 is 5.54 Å². The van der Waals surface area contributed by atoms with Gasteiger partial charge in [0.1, 0.15) is 5.54 Å². The van der Waals surface area contributed by atoms with Gasteiger partial charge in [-0.25, -0.2) is 0 Å². The van der Waals surface area contributed by atoms with Crippen LogP contribution in [0.4, 0.5) is 0 Å². The summed E-state index contributed by atoms with van der Waals surface area (Å²) in [6.07, 6.45) is 3.12. The molecule has 110 valence electrons. The average Bonchev–Trinajstić information content (AvgIpc) is 3.24. The van der Waals surface area contributed by atoms with E-state index in [-0.39, 0.29) is 5.97 Å². The monoisotopic (exact) mass is 295 g/mol. The third-order valence-corrected chi connectivity index (χ3v) is 3.93. The van der Waals surface area contributed by atoms with Gasteiger partial charge in [0.05, 0.1) is 6.61 Å². The lowest BCUT2D eigenvalue weighted by atomic mass is 9.92. The quantitative estimate of drug-likeness (QED) is 0.785. The number of rotatable bonds is 7. The second-order valence-electron chi connectivity index (χ2n) is 5.68. The molecule has 0 aliphatic heterocycles. The number of benzene rings is 1. The first-order chi connectivity index (χ1) is 9.53. The van der Waals surface area contributed by atoms with E-state index in [0.29, 0.717) is 24.0 Å². The molecule has 0 spiro atoms. The number of hydrogen-bond donors (Lipinski definition) is 1. The number of esters is 1. The van der Waals surface area contributed by atoms with Crippen molar-refractivity contribution in [1.82, 2.24) is 5.32 Å². The number of carbonyl (C=O) groups excluding carboxylic acids is 1. The Morgan fingerprint density at radius 3 is 2.60 bits per heavy atom. The van der Waals surface area contributed by atoms with E-state index in [1.807, 2.05) is 38.1 Å². The molecule has 1 saturated carbocycles. The second-order valence-corrected chi connectivity index (χ2v) is 6.12. The van der Waals surface area contributed by atoms with Crippen molar-refractivity contribution in [3.8, 4) is 0 Å². The Morgan fingerprint density at radius 2 is 2.05 bits per heavy atom. The van der Waals surface area contributed by atoms with Gasteiger partial charge in [-0.05, 0) is 56.8 Å². The molecular formula is C16H22ClNO2. The van der Waals surface area contributed by atoms with Crippen LogP contribution in [0.1, 0.15) is 32.3 Å². The van der Waals surface area contributed by atoms with Gasteiger partial charge in [-0.3, -0.25) is 4.79 Å². The maximum Gasteiger partial charge on any atom is 0.326 e. The van der Waals surface area contributed by atoms with Gasteiger partial charge in [-0.15, -0.1) is 0 Å². The van der Waals surface area contributed by atoms with Gasteiger partial charge in [0.15, 0.2) is 0 Å². The van der Waals surface area contributed by atoms with E-state index in [0.717, 1.165) is 12.1 Å². The summed E-state index contributed by atoms with van der Waals surface area (Å²) < 4.78 is 5.23. The molecule has 0 radical (unpaired) electrons. The molecule has 2 rings (SSSR count). The van der Waals surface area contributed by atoms with Gasteiger partial charge in [0.25, 0.3) is 0 Å². The van der Waals surface area contributed by atoms with Crippen molar-refractivity contribution in [2.75, 3.05) is 13.2 Å². The smallest absolute Gasteiger partial charge is 0.326 e. The van der Waals surface area contributed by atoms with Crippen LogP contribution in [-0.4, -0.2) is 24.7 Å². The molecule has 1 aliphatic carbocycles. The number of nitrogens with one attached hydrogen (secondary N) is 1. The Hall–Kier alpha value is -1.06. The predicted molar refractivity (Wildman–Crippen MR) is 80.9 cm³/mol. The van der Waals surface area contributed by atoms with Crippen LogP contribution < -0.4 is 5.32 Å². The largest absolute Gasteiger partial charge is 0.465 e. The fraction of sp³-hybridized carbons (Fsp3) is 0.562. The van der Waals surface area contributed by atoms with Crippen molar-refractivity contribution in [2.24, 2.45) is 5.92 Å². The second kappa shape index (κ2) is 6.59. The SMILES string of the molecule is CCOC(=O)C(C)(Cc1ccc(Cl)cc1)NCC1CC1. The molecule has 0 amide bonds. The molecule has 1 unspecified atom stereocenters. The molecule has 0 aromatic heterocycles. The topological polar surface area (TPSA) is 38.3 Å². The van der Waals surface area contributed by atoms with Gasteiger partial charge in [0, 0.05) is 11.4 Å². The number of carbonyl (C=O) groups is 1. The van der Waals surface area contributed by atoms with Crippen molar-refractivity contribution in [1.29, 1.82) is 0 Å². The third kappa shape index (κ3) is 4.22. The predicted octanol–water partition coefficient (Wildman–Crippen LogP) is 3.20. The third-order valence-electron chi connectivity index (χ3n) is 3.67. The van der Waals surface area contributed by atoms with E-state index >= 15 is 0 Å². The summed E-state index contributed by atoms with van der Waals surface area (Å²) in [5.41, 5.74) is 0.403. The molecule has 0 saturated heterocycles. The van der Waals surface area contributed by atoms with Crippen molar-refractivity contribution in [3.63, 3.8) is 0 Å². The molecule has 1 aliphatic rings. The van der Waals surface area contributed by atoms with E-state index in [4.69, 9.17) is 16.3 Å². The normalized spacial score (nSPS) is 17.6. The van der Waals surface area contributed by atoms with E-state index in [9.17, 15) is 4.79 Å². The lowest BCUT2D eigenvalue weighted by Crippen LogP contribution is -2.52. The van der Waals surface area contributed by atoms with Gasteiger partial charge < -0.3 is 10.1 Å². The lowest BCUT2D eigenvalue weighted by Gasteiger charge is -2.29. The highest BCUT2D eigenvalue weighted by atomic mass is 35.5. The molecule has 0 heterocycles. The Bertz CT molecular complexity index is 456. The van der Waals surface area contributed by atoms with E-state index in [2.05, 4.69) is 5.32 Å². The molecule has 4 heteroatoms. The maximum atomic E-state index is 12.3. The zero-order chi connectivity index (χ0) is 14.6. The molecule has 1 atom stereocenters. The molecule has 3 nitrogen and oxygen atoms in total. The highest BCUT2D eigenvalue weighted by molar-refractivity contribution is 6.30. The van der Waals surface area contributed by atoms with Gasteiger partial charge in [-0.1, -0.05) is 23.7 Å². The molecule has 1 fully saturated rings. The first-order valence-corrected chi connectivity index (χ1v) is 7.58. The lowest BCUT2D eigenvalue weighted by molar-refractivity contribution is -0.150. The Labute approximate surface area is 125 Å². The molecule has 1 N–H and O–H groups in total. The van der Waals surface area contributed by atoms with Crippen LogP contribution in [0, 0.1) is 5.92 Å². The summed E-state index contributed by atoms with van der Waals surface area (Å²) in [5, 5.41) is 4.10. The van der Waals surface area contributed by atoms with E-state index in [1.54, 1.807) is 0 Å². The first-order valence-electron chi connectivity index (χ1n) is 7.20. The summed E-state index contributed by atoms with van der Waals surface area (Å²) >= 11 is 5.90. The summed E-state index contributed by atoms with van der Waals surface area (Å²) in [6.45, 7) is 5.03. The molecule has 1 aromatic carbocycles. The van der Waals surface area contributed by atoms with Gasteiger partial charge in [0.2, 0.25) is 0 Å². The van der Waals surface area contributed by atoms with Crippen LogP contribution in [0.3, 0.4) is 0 Å². The zero-order valence-corrected chi connectivity index (χ0v) is 12.9.